The first-order valence-corrected chi connectivity index (χ1v) is 7.51. The Kier molecular flexibility index (Phi) is 4.93. The van der Waals surface area contributed by atoms with E-state index in [0.29, 0.717) is 8.67 Å². The number of nitrogens with one attached hydrogen (secondary N) is 1. The van der Waals surface area contributed by atoms with Crippen molar-refractivity contribution >= 4 is 46.1 Å². The quantitative estimate of drug-likeness (QED) is 0.794. The fourth-order valence-corrected chi connectivity index (χ4v) is 3.63. The van der Waals surface area contributed by atoms with Crippen molar-refractivity contribution in [3.63, 3.8) is 0 Å². The minimum absolute atomic E-state index is 0.0278. The molecule has 2 aromatic rings. The Hall–Kier alpha value is -0.250. The van der Waals surface area contributed by atoms with Gasteiger partial charge in [0.1, 0.15) is 0 Å². The molecule has 0 aliphatic rings. The van der Waals surface area contributed by atoms with Crippen molar-refractivity contribution in [1.29, 1.82) is 0 Å². The average molecular weight is 321 g/mol. The number of benzene rings is 1. The molecule has 1 atom stereocenters. The van der Waals surface area contributed by atoms with Gasteiger partial charge in [0.2, 0.25) is 0 Å². The van der Waals surface area contributed by atoms with E-state index in [1.54, 1.807) is 0 Å². The molecule has 1 unspecified atom stereocenters. The Morgan fingerprint density at radius 3 is 2.44 bits per heavy atom. The van der Waals surface area contributed by atoms with E-state index in [2.05, 4.69) is 5.32 Å². The minimum Gasteiger partial charge on any atom is -0.306 e. The van der Waals surface area contributed by atoms with Crippen molar-refractivity contribution in [2.75, 3.05) is 6.54 Å². The van der Waals surface area contributed by atoms with Gasteiger partial charge < -0.3 is 5.32 Å². The summed E-state index contributed by atoms with van der Waals surface area (Å²) in [7, 11) is 0. The van der Waals surface area contributed by atoms with Gasteiger partial charge in [0, 0.05) is 10.6 Å². The van der Waals surface area contributed by atoms with Crippen molar-refractivity contribution in [2.45, 2.75) is 13.0 Å². The number of hydrogen-bond acceptors (Lipinski definition) is 2. The topological polar surface area (TPSA) is 12.0 Å². The molecule has 0 spiro atoms. The molecule has 0 aliphatic carbocycles. The molecule has 0 radical (unpaired) electrons. The van der Waals surface area contributed by atoms with Crippen LogP contribution in [-0.2, 0) is 0 Å². The normalized spacial score (nSPS) is 12.7. The summed E-state index contributed by atoms with van der Waals surface area (Å²) in [4.78, 5) is 0. The molecular formula is C13H12Cl3NS. The Balaban J connectivity index is 2.46. The van der Waals surface area contributed by atoms with Crippen molar-refractivity contribution in [3.05, 3.63) is 55.2 Å². The first-order chi connectivity index (χ1) is 8.63. The maximum Gasteiger partial charge on any atom is 0.0995 e. The zero-order valence-electron chi connectivity index (χ0n) is 9.71. The highest BCUT2D eigenvalue weighted by Crippen LogP contribution is 2.38. The third-order valence-corrected chi connectivity index (χ3v) is 4.48. The average Bonchev–Trinajstić information content (AvgIpc) is 2.66. The molecule has 2 rings (SSSR count). The standard InChI is InChI=1S/C13H12Cl3NS/c1-2-17-12(8-5-3-4-6-10(8)14)9-7-11(15)18-13(9)16/h3-7,12,17H,2H2,1H3. The second-order valence-corrected chi connectivity index (χ2v) is 6.48. The van der Waals surface area contributed by atoms with Crippen LogP contribution in [0.25, 0.3) is 0 Å². The summed E-state index contributed by atoms with van der Waals surface area (Å²) in [6, 6.07) is 9.62. The Morgan fingerprint density at radius 1 is 1.17 bits per heavy atom. The molecule has 1 aromatic heterocycles. The lowest BCUT2D eigenvalue weighted by Gasteiger charge is -2.19. The molecule has 0 aliphatic heterocycles. The summed E-state index contributed by atoms with van der Waals surface area (Å²) >= 11 is 19.9. The number of thiophene rings is 1. The highest BCUT2D eigenvalue weighted by atomic mass is 35.5. The van der Waals surface area contributed by atoms with Crippen LogP contribution in [0, 0.1) is 0 Å². The Labute approximate surface area is 126 Å². The zero-order valence-corrected chi connectivity index (χ0v) is 12.8. The molecule has 0 bridgehead atoms. The van der Waals surface area contributed by atoms with Crippen LogP contribution in [0.4, 0.5) is 0 Å². The van der Waals surface area contributed by atoms with Gasteiger partial charge in [0.05, 0.1) is 14.7 Å². The molecule has 1 aromatic carbocycles. The van der Waals surface area contributed by atoms with Gasteiger partial charge in [-0.1, -0.05) is 59.9 Å². The van der Waals surface area contributed by atoms with Crippen LogP contribution in [0.15, 0.2) is 30.3 Å². The summed E-state index contributed by atoms with van der Waals surface area (Å²) in [5, 5.41) is 4.11. The fraction of sp³-hybridized carbons (Fsp3) is 0.231. The molecule has 1 N–H and O–H groups in total. The molecule has 96 valence electrons. The highest BCUT2D eigenvalue weighted by Gasteiger charge is 2.20. The van der Waals surface area contributed by atoms with E-state index in [4.69, 9.17) is 34.8 Å². The van der Waals surface area contributed by atoms with Gasteiger partial charge in [-0.15, -0.1) is 11.3 Å². The van der Waals surface area contributed by atoms with Crippen molar-refractivity contribution < 1.29 is 0 Å². The van der Waals surface area contributed by atoms with Crippen LogP contribution in [0.3, 0.4) is 0 Å². The molecule has 1 heterocycles. The smallest absolute Gasteiger partial charge is 0.0995 e. The van der Waals surface area contributed by atoms with Gasteiger partial charge >= 0.3 is 0 Å². The van der Waals surface area contributed by atoms with Crippen molar-refractivity contribution in [1.82, 2.24) is 5.32 Å². The van der Waals surface area contributed by atoms with Crippen LogP contribution in [0.5, 0.6) is 0 Å². The molecule has 18 heavy (non-hydrogen) atoms. The predicted molar refractivity (Wildman–Crippen MR) is 81.3 cm³/mol. The van der Waals surface area contributed by atoms with Crippen LogP contribution in [-0.4, -0.2) is 6.54 Å². The van der Waals surface area contributed by atoms with Crippen molar-refractivity contribution in [3.8, 4) is 0 Å². The van der Waals surface area contributed by atoms with E-state index in [0.717, 1.165) is 22.7 Å². The van der Waals surface area contributed by atoms with Gasteiger partial charge in [-0.05, 0) is 24.2 Å². The lowest BCUT2D eigenvalue weighted by molar-refractivity contribution is 0.633. The third kappa shape index (κ3) is 3.01. The summed E-state index contributed by atoms with van der Waals surface area (Å²) in [6.07, 6.45) is 0. The van der Waals surface area contributed by atoms with Gasteiger partial charge in [-0.2, -0.15) is 0 Å². The van der Waals surface area contributed by atoms with Crippen LogP contribution >= 0.6 is 46.1 Å². The summed E-state index contributed by atoms with van der Waals surface area (Å²) < 4.78 is 1.39. The first-order valence-electron chi connectivity index (χ1n) is 5.56. The van der Waals surface area contributed by atoms with Crippen LogP contribution < -0.4 is 5.32 Å². The van der Waals surface area contributed by atoms with Crippen LogP contribution in [0.1, 0.15) is 24.1 Å². The third-order valence-electron chi connectivity index (χ3n) is 2.62. The zero-order chi connectivity index (χ0) is 13.1. The SMILES string of the molecule is CCNC(c1ccccc1Cl)c1cc(Cl)sc1Cl. The number of hydrogen-bond donors (Lipinski definition) is 1. The number of rotatable bonds is 4. The van der Waals surface area contributed by atoms with Gasteiger partial charge in [0.25, 0.3) is 0 Å². The molecule has 0 saturated carbocycles. The maximum atomic E-state index is 6.25. The highest BCUT2D eigenvalue weighted by molar-refractivity contribution is 7.20. The van der Waals surface area contributed by atoms with E-state index in [1.165, 1.54) is 11.3 Å². The molecule has 0 fully saturated rings. The van der Waals surface area contributed by atoms with E-state index in [9.17, 15) is 0 Å². The molecule has 0 amide bonds. The molecular weight excluding hydrogens is 309 g/mol. The predicted octanol–water partition coefficient (Wildman–Crippen LogP) is 5.41. The van der Waals surface area contributed by atoms with E-state index < -0.39 is 0 Å². The summed E-state index contributed by atoms with van der Waals surface area (Å²) in [6.45, 7) is 2.87. The van der Waals surface area contributed by atoms with Gasteiger partial charge in [-0.3, -0.25) is 0 Å². The van der Waals surface area contributed by atoms with Gasteiger partial charge in [0.15, 0.2) is 0 Å². The van der Waals surface area contributed by atoms with E-state index in [-0.39, 0.29) is 6.04 Å². The summed E-state index contributed by atoms with van der Waals surface area (Å²) in [5.74, 6) is 0. The molecule has 0 saturated heterocycles. The van der Waals surface area contributed by atoms with E-state index >= 15 is 0 Å². The lowest BCUT2D eigenvalue weighted by Crippen LogP contribution is -2.22. The Morgan fingerprint density at radius 2 is 1.89 bits per heavy atom. The first kappa shape index (κ1) is 14.2. The number of halogens is 3. The van der Waals surface area contributed by atoms with Crippen LogP contribution in [0.2, 0.25) is 13.7 Å². The molecule has 5 heteroatoms. The fourth-order valence-electron chi connectivity index (χ4n) is 1.85. The van der Waals surface area contributed by atoms with Crippen molar-refractivity contribution in [2.24, 2.45) is 0 Å². The maximum absolute atomic E-state index is 6.25. The summed E-state index contributed by atoms with van der Waals surface area (Å²) in [5.41, 5.74) is 1.99. The largest absolute Gasteiger partial charge is 0.306 e. The minimum atomic E-state index is -0.0278. The lowest BCUT2D eigenvalue weighted by atomic mass is 10.0. The second-order valence-electron chi connectivity index (χ2n) is 3.79. The Bertz CT molecular complexity index is 539. The monoisotopic (exact) mass is 319 g/mol. The van der Waals surface area contributed by atoms with E-state index in [1.807, 2.05) is 37.3 Å². The molecule has 1 nitrogen and oxygen atoms in total. The van der Waals surface area contributed by atoms with Gasteiger partial charge in [-0.25, -0.2) is 0 Å². The second kappa shape index (κ2) is 6.27.